The number of ether oxygens (including phenoxy) is 3. The number of halogens is 1. The van der Waals surface area contributed by atoms with Crippen molar-refractivity contribution < 1.29 is 28.9 Å². The van der Waals surface area contributed by atoms with Crippen LogP contribution in [0.4, 0.5) is 4.79 Å². The van der Waals surface area contributed by atoms with E-state index in [0.29, 0.717) is 23.8 Å². The van der Waals surface area contributed by atoms with Crippen molar-refractivity contribution in [2.24, 2.45) is 0 Å². The topological polar surface area (TPSA) is 106 Å². The van der Waals surface area contributed by atoms with Gasteiger partial charge in [0.15, 0.2) is 0 Å². The first-order valence-electron chi connectivity index (χ1n) is 8.57. The van der Waals surface area contributed by atoms with Gasteiger partial charge in [-0.1, -0.05) is 23.7 Å². The summed E-state index contributed by atoms with van der Waals surface area (Å²) in [5.41, 5.74) is -0.0181. The lowest BCUT2D eigenvalue weighted by atomic mass is 10.1. The summed E-state index contributed by atoms with van der Waals surface area (Å²) in [6.45, 7) is 5.26. The quantitative estimate of drug-likeness (QED) is 0.668. The molecule has 0 aliphatic carbocycles. The molecule has 9 heteroatoms. The lowest BCUT2D eigenvalue weighted by Crippen LogP contribution is -2.52. The number of carbonyl (C=O) groups excluding carboxylic acids is 2. The Morgan fingerprint density at radius 2 is 1.85 bits per heavy atom. The molecule has 1 saturated heterocycles. The van der Waals surface area contributed by atoms with Gasteiger partial charge in [-0.3, -0.25) is 4.79 Å². The molecule has 3 N–H and O–H groups in total. The number of hydrogen-bond donors (Lipinski definition) is 3. The molecule has 1 fully saturated rings. The van der Waals surface area contributed by atoms with Gasteiger partial charge in [0.2, 0.25) is 11.7 Å². The minimum absolute atomic E-state index is 0.0000355. The Kier molecular flexibility index (Phi) is 7.05. The van der Waals surface area contributed by atoms with Crippen molar-refractivity contribution in [2.75, 3.05) is 26.4 Å². The number of aliphatic hydroxyl groups is 1. The highest BCUT2D eigenvalue weighted by atomic mass is 35.5. The largest absolute Gasteiger partial charge is 0.444 e. The number of nitrogens with one attached hydrogen (secondary N) is 2. The maximum atomic E-state index is 12.4. The fourth-order valence-electron chi connectivity index (χ4n) is 2.50. The number of amides is 2. The molecule has 1 aliphatic heterocycles. The second kappa shape index (κ2) is 8.88. The number of carbonyl (C=O) groups is 2. The molecule has 1 atom stereocenters. The second-order valence-electron chi connectivity index (χ2n) is 7.06. The van der Waals surface area contributed by atoms with Crippen molar-refractivity contribution in [1.82, 2.24) is 10.6 Å². The first-order chi connectivity index (χ1) is 12.6. The Morgan fingerprint density at radius 1 is 1.26 bits per heavy atom. The van der Waals surface area contributed by atoms with Gasteiger partial charge in [-0.15, -0.1) is 0 Å². The van der Waals surface area contributed by atoms with Crippen LogP contribution in [-0.4, -0.2) is 55.1 Å². The molecular weight excluding hydrogens is 376 g/mol. The van der Waals surface area contributed by atoms with Crippen molar-refractivity contribution in [3.63, 3.8) is 0 Å². The Hall–Kier alpha value is -1.87. The molecule has 1 aromatic carbocycles. The van der Waals surface area contributed by atoms with E-state index in [1.165, 1.54) is 0 Å². The minimum atomic E-state index is -1.16. The lowest BCUT2D eigenvalue weighted by Gasteiger charge is -2.29. The van der Waals surface area contributed by atoms with E-state index in [9.17, 15) is 14.7 Å². The van der Waals surface area contributed by atoms with Crippen molar-refractivity contribution >= 4 is 23.6 Å². The maximum absolute atomic E-state index is 12.4. The standard InChI is InChI=1S/C18H25ClN2O6/c1-17(2,3)27-16(24)21-14(10-22)15(23)20-11-18(25-8-9-26-18)12-4-6-13(19)7-5-12/h4-7,14,22H,8-11H2,1-3H3,(H,20,23)(H,21,24). The Bertz CT molecular complexity index is 653. The van der Waals surface area contributed by atoms with E-state index in [0.717, 1.165) is 0 Å². The third-order valence-electron chi connectivity index (χ3n) is 3.72. The van der Waals surface area contributed by atoms with Crippen molar-refractivity contribution in [3.8, 4) is 0 Å². The Labute approximate surface area is 163 Å². The highest BCUT2D eigenvalue weighted by molar-refractivity contribution is 6.30. The predicted molar refractivity (Wildman–Crippen MR) is 98.3 cm³/mol. The fraction of sp³-hybridized carbons (Fsp3) is 0.556. The van der Waals surface area contributed by atoms with Gasteiger partial charge in [0, 0.05) is 10.6 Å². The summed E-state index contributed by atoms with van der Waals surface area (Å²) in [5.74, 6) is -1.73. The summed E-state index contributed by atoms with van der Waals surface area (Å²) in [6, 6.07) is 5.74. The molecule has 0 radical (unpaired) electrons. The molecule has 1 unspecified atom stereocenters. The zero-order valence-electron chi connectivity index (χ0n) is 15.6. The van der Waals surface area contributed by atoms with E-state index >= 15 is 0 Å². The van der Waals surface area contributed by atoms with Crippen LogP contribution < -0.4 is 10.6 Å². The highest BCUT2D eigenvalue weighted by Gasteiger charge is 2.39. The van der Waals surface area contributed by atoms with Gasteiger partial charge in [-0.05, 0) is 32.9 Å². The van der Waals surface area contributed by atoms with E-state index in [1.54, 1.807) is 45.0 Å². The Morgan fingerprint density at radius 3 is 2.37 bits per heavy atom. The fourth-order valence-corrected chi connectivity index (χ4v) is 2.63. The molecule has 1 heterocycles. The van der Waals surface area contributed by atoms with Gasteiger partial charge < -0.3 is 30.0 Å². The van der Waals surface area contributed by atoms with Crippen LogP contribution in [-0.2, 0) is 24.8 Å². The first kappa shape index (κ1) is 21.4. The maximum Gasteiger partial charge on any atom is 0.408 e. The van der Waals surface area contributed by atoms with E-state index < -0.39 is 36.0 Å². The molecule has 8 nitrogen and oxygen atoms in total. The molecular formula is C18H25ClN2O6. The first-order valence-corrected chi connectivity index (χ1v) is 8.95. The van der Waals surface area contributed by atoms with Crippen molar-refractivity contribution in [2.45, 2.75) is 38.2 Å². The van der Waals surface area contributed by atoms with Crippen LogP contribution in [0.1, 0.15) is 26.3 Å². The van der Waals surface area contributed by atoms with Gasteiger partial charge in [0.05, 0.1) is 26.4 Å². The molecule has 2 amide bonds. The third-order valence-corrected chi connectivity index (χ3v) is 3.98. The van der Waals surface area contributed by atoms with Gasteiger partial charge in [0.1, 0.15) is 11.6 Å². The van der Waals surface area contributed by atoms with Crippen LogP contribution in [0.15, 0.2) is 24.3 Å². The van der Waals surface area contributed by atoms with Crippen LogP contribution in [0.25, 0.3) is 0 Å². The summed E-state index contributed by atoms with van der Waals surface area (Å²) < 4.78 is 16.5. The van der Waals surface area contributed by atoms with Crippen molar-refractivity contribution in [3.05, 3.63) is 34.9 Å². The molecule has 2 rings (SSSR count). The number of alkyl carbamates (subject to hydrolysis) is 1. The molecule has 27 heavy (non-hydrogen) atoms. The summed E-state index contributed by atoms with van der Waals surface area (Å²) in [6.07, 6.45) is -0.794. The summed E-state index contributed by atoms with van der Waals surface area (Å²) in [7, 11) is 0. The van der Waals surface area contributed by atoms with Crippen LogP contribution in [0, 0.1) is 0 Å². The van der Waals surface area contributed by atoms with Gasteiger partial charge in [-0.2, -0.15) is 0 Å². The van der Waals surface area contributed by atoms with E-state index in [2.05, 4.69) is 10.6 Å². The SMILES string of the molecule is CC(C)(C)OC(=O)NC(CO)C(=O)NCC1(c2ccc(Cl)cc2)OCCO1. The molecule has 0 spiro atoms. The van der Waals surface area contributed by atoms with E-state index in [-0.39, 0.29) is 6.54 Å². The second-order valence-corrected chi connectivity index (χ2v) is 7.49. The number of aliphatic hydroxyl groups excluding tert-OH is 1. The summed E-state index contributed by atoms with van der Waals surface area (Å²) >= 11 is 5.91. The minimum Gasteiger partial charge on any atom is -0.444 e. The highest BCUT2D eigenvalue weighted by Crippen LogP contribution is 2.31. The average molecular weight is 401 g/mol. The van der Waals surface area contributed by atoms with Crippen LogP contribution in [0.5, 0.6) is 0 Å². The Balaban J connectivity index is 2.00. The molecule has 0 bridgehead atoms. The van der Waals surface area contributed by atoms with Gasteiger partial charge in [-0.25, -0.2) is 4.79 Å². The summed E-state index contributed by atoms with van der Waals surface area (Å²) in [5, 5.41) is 15.0. The smallest absolute Gasteiger partial charge is 0.408 e. The summed E-state index contributed by atoms with van der Waals surface area (Å²) in [4.78, 5) is 24.2. The zero-order chi connectivity index (χ0) is 20.1. The molecule has 1 aromatic rings. The van der Waals surface area contributed by atoms with Crippen LogP contribution in [0.3, 0.4) is 0 Å². The zero-order valence-corrected chi connectivity index (χ0v) is 16.3. The number of rotatable bonds is 6. The molecule has 0 aromatic heterocycles. The van der Waals surface area contributed by atoms with Crippen molar-refractivity contribution in [1.29, 1.82) is 0 Å². The molecule has 0 saturated carbocycles. The van der Waals surface area contributed by atoms with Gasteiger partial charge in [0.25, 0.3) is 0 Å². The number of hydrogen-bond acceptors (Lipinski definition) is 6. The van der Waals surface area contributed by atoms with E-state index in [1.807, 2.05) is 0 Å². The van der Waals surface area contributed by atoms with Gasteiger partial charge >= 0.3 is 6.09 Å². The normalized spacial score (nSPS) is 17.2. The molecule has 1 aliphatic rings. The number of benzene rings is 1. The van der Waals surface area contributed by atoms with E-state index in [4.69, 9.17) is 25.8 Å². The molecule has 150 valence electrons. The van der Waals surface area contributed by atoms with Crippen LogP contribution >= 0.6 is 11.6 Å². The third kappa shape index (κ3) is 6.07. The predicted octanol–water partition coefficient (Wildman–Crippen LogP) is 1.54. The lowest BCUT2D eigenvalue weighted by molar-refractivity contribution is -0.165. The monoisotopic (exact) mass is 400 g/mol. The average Bonchev–Trinajstić information content (AvgIpc) is 3.06. The van der Waals surface area contributed by atoms with Crippen LogP contribution in [0.2, 0.25) is 5.02 Å².